The highest BCUT2D eigenvalue weighted by Gasteiger charge is 2.13. The first-order valence-corrected chi connectivity index (χ1v) is 7.11. The van der Waals surface area contributed by atoms with E-state index >= 15 is 0 Å². The lowest BCUT2D eigenvalue weighted by Gasteiger charge is -2.05. The van der Waals surface area contributed by atoms with Crippen molar-refractivity contribution < 1.29 is 9.53 Å². The summed E-state index contributed by atoms with van der Waals surface area (Å²) in [6.07, 6.45) is 2.66. The maximum absolute atomic E-state index is 12.1. The highest BCUT2D eigenvalue weighted by Crippen LogP contribution is 2.14. The zero-order chi connectivity index (χ0) is 16.4. The number of aromatic amines is 1. The summed E-state index contributed by atoms with van der Waals surface area (Å²) in [6, 6.07) is 9.17. The topological polar surface area (TPSA) is 102 Å². The summed E-state index contributed by atoms with van der Waals surface area (Å²) in [5.74, 6) is 0.160. The predicted molar refractivity (Wildman–Crippen MR) is 84.7 cm³/mol. The first-order valence-electron chi connectivity index (χ1n) is 7.11. The van der Waals surface area contributed by atoms with Crippen LogP contribution in [0.1, 0.15) is 21.6 Å². The molecule has 0 aliphatic heterocycles. The van der Waals surface area contributed by atoms with Crippen LogP contribution in [0.25, 0.3) is 5.65 Å². The van der Waals surface area contributed by atoms with Gasteiger partial charge in [-0.1, -0.05) is 12.1 Å². The smallest absolute Gasteiger partial charge is 0.272 e. The maximum Gasteiger partial charge on any atom is 0.272 e. The zero-order valence-electron chi connectivity index (χ0n) is 12.6. The molecule has 0 radical (unpaired) electrons. The Bertz CT molecular complexity index is 926. The minimum absolute atomic E-state index is 0.199. The number of methoxy groups -OCH3 is 1. The average Bonchev–Trinajstić information content (AvgIpc) is 2.98. The van der Waals surface area contributed by atoms with E-state index in [1.54, 1.807) is 7.11 Å². The third-order valence-corrected chi connectivity index (χ3v) is 3.62. The number of primary amides is 1. The van der Waals surface area contributed by atoms with Gasteiger partial charge in [-0.15, -0.1) is 0 Å². The number of carbonyl (C=O) groups excluding carboxylic acids is 1. The van der Waals surface area contributed by atoms with Gasteiger partial charge in [-0.25, -0.2) is 9.50 Å². The summed E-state index contributed by atoms with van der Waals surface area (Å²) in [7, 11) is 1.62. The van der Waals surface area contributed by atoms with Crippen molar-refractivity contribution in [2.45, 2.75) is 12.8 Å². The fraction of sp³-hybridized carbons (Fsp3) is 0.188. The van der Waals surface area contributed by atoms with E-state index in [2.05, 4.69) is 10.1 Å². The van der Waals surface area contributed by atoms with Gasteiger partial charge in [-0.3, -0.25) is 14.7 Å². The van der Waals surface area contributed by atoms with Crippen molar-refractivity contribution in [2.75, 3.05) is 7.11 Å². The molecular formula is C16H16N4O3. The number of fused-ring (bicyclic) bond motifs is 1. The van der Waals surface area contributed by atoms with Crippen LogP contribution in [0.15, 0.2) is 41.3 Å². The third kappa shape index (κ3) is 2.94. The minimum atomic E-state index is -0.624. The SMILES string of the molecule is COc1cccc(CCc2cc(=O)n3[nH]cc(C(N)=O)c3n2)c1. The first-order chi connectivity index (χ1) is 11.1. The average molecular weight is 312 g/mol. The Morgan fingerprint density at radius 1 is 1.35 bits per heavy atom. The number of rotatable bonds is 5. The number of hydrogen-bond acceptors (Lipinski definition) is 4. The Labute approximate surface area is 131 Å². The van der Waals surface area contributed by atoms with Gasteiger partial charge < -0.3 is 10.5 Å². The van der Waals surface area contributed by atoms with Crippen LogP contribution in [0.4, 0.5) is 0 Å². The van der Waals surface area contributed by atoms with Crippen LogP contribution in [0.3, 0.4) is 0 Å². The van der Waals surface area contributed by atoms with E-state index in [0.717, 1.165) is 11.3 Å². The summed E-state index contributed by atoms with van der Waals surface area (Å²) in [5.41, 5.74) is 7.16. The number of amides is 1. The highest BCUT2D eigenvalue weighted by molar-refractivity contribution is 5.98. The Hall–Kier alpha value is -3.09. The predicted octanol–water partition coefficient (Wildman–Crippen LogP) is 0.915. The lowest BCUT2D eigenvalue weighted by atomic mass is 10.1. The summed E-state index contributed by atoms with van der Waals surface area (Å²) < 4.78 is 6.39. The number of aromatic nitrogens is 3. The molecule has 0 fully saturated rings. The van der Waals surface area contributed by atoms with Crippen molar-refractivity contribution in [3.05, 3.63) is 63.7 Å². The fourth-order valence-corrected chi connectivity index (χ4v) is 2.44. The van der Waals surface area contributed by atoms with Crippen LogP contribution in [-0.2, 0) is 12.8 Å². The number of nitrogens with one attached hydrogen (secondary N) is 1. The number of benzene rings is 1. The second-order valence-electron chi connectivity index (χ2n) is 5.15. The number of nitrogens with two attached hydrogens (primary N) is 1. The Kier molecular flexibility index (Phi) is 3.84. The molecule has 0 aliphatic rings. The van der Waals surface area contributed by atoms with Crippen molar-refractivity contribution in [3.8, 4) is 5.75 Å². The van der Waals surface area contributed by atoms with Crippen LogP contribution in [-0.4, -0.2) is 27.6 Å². The molecule has 0 spiro atoms. The molecule has 0 aliphatic carbocycles. The van der Waals surface area contributed by atoms with E-state index in [1.165, 1.54) is 16.8 Å². The number of nitrogens with zero attached hydrogens (tertiary/aromatic N) is 2. The molecule has 3 rings (SSSR count). The zero-order valence-corrected chi connectivity index (χ0v) is 12.6. The Morgan fingerprint density at radius 3 is 2.91 bits per heavy atom. The van der Waals surface area contributed by atoms with E-state index in [9.17, 15) is 9.59 Å². The summed E-state index contributed by atoms with van der Waals surface area (Å²) in [5, 5.41) is 2.68. The van der Waals surface area contributed by atoms with Gasteiger partial charge >= 0.3 is 0 Å². The Morgan fingerprint density at radius 2 is 2.17 bits per heavy atom. The molecule has 0 saturated carbocycles. The van der Waals surface area contributed by atoms with Crippen LogP contribution >= 0.6 is 0 Å². The van der Waals surface area contributed by atoms with Gasteiger partial charge in [0.25, 0.3) is 11.5 Å². The molecule has 23 heavy (non-hydrogen) atoms. The molecule has 1 aromatic carbocycles. The third-order valence-electron chi connectivity index (χ3n) is 3.62. The standard InChI is InChI=1S/C16H16N4O3/c1-23-12-4-2-3-10(7-12)5-6-11-8-14(21)20-16(19-11)13(9-18-20)15(17)22/h2-4,7-9,18H,5-6H2,1H3,(H2,17,22). The van der Waals surface area contributed by atoms with E-state index in [0.29, 0.717) is 18.5 Å². The summed E-state index contributed by atoms with van der Waals surface area (Å²) >= 11 is 0. The minimum Gasteiger partial charge on any atom is -0.497 e. The van der Waals surface area contributed by atoms with Crippen LogP contribution in [0.5, 0.6) is 5.75 Å². The highest BCUT2D eigenvalue weighted by atomic mass is 16.5. The molecule has 118 valence electrons. The lowest BCUT2D eigenvalue weighted by molar-refractivity contribution is 0.100. The molecule has 2 aromatic heterocycles. The molecule has 0 unspecified atom stereocenters. The van der Waals surface area contributed by atoms with Crippen molar-refractivity contribution in [2.24, 2.45) is 5.73 Å². The van der Waals surface area contributed by atoms with Crippen LogP contribution in [0, 0.1) is 0 Å². The van der Waals surface area contributed by atoms with Gasteiger partial charge in [0.05, 0.1) is 7.11 Å². The van der Waals surface area contributed by atoms with Crippen LogP contribution in [0.2, 0.25) is 0 Å². The molecule has 2 heterocycles. The largest absolute Gasteiger partial charge is 0.497 e. The Balaban J connectivity index is 1.89. The number of aryl methyl sites for hydroxylation is 2. The summed E-state index contributed by atoms with van der Waals surface area (Å²) in [6.45, 7) is 0. The molecule has 0 bridgehead atoms. The van der Waals surface area contributed by atoms with Crippen molar-refractivity contribution >= 4 is 11.6 Å². The molecule has 3 aromatic rings. The van der Waals surface area contributed by atoms with E-state index in [4.69, 9.17) is 10.5 Å². The molecule has 3 N–H and O–H groups in total. The first kappa shape index (κ1) is 14.8. The molecule has 1 amide bonds. The number of hydrogen-bond donors (Lipinski definition) is 2. The molecule has 7 nitrogen and oxygen atoms in total. The molecular weight excluding hydrogens is 296 g/mol. The molecule has 7 heteroatoms. The van der Waals surface area contributed by atoms with Crippen molar-refractivity contribution in [3.63, 3.8) is 0 Å². The number of ether oxygens (including phenoxy) is 1. The second kappa shape index (κ2) is 5.96. The molecule has 0 saturated heterocycles. The number of carbonyl (C=O) groups is 1. The quantitative estimate of drug-likeness (QED) is 0.731. The van der Waals surface area contributed by atoms with Crippen molar-refractivity contribution in [1.29, 1.82) is 0 Å². The second-order valence-corrected chi connectivity index (χ2v) is 5.15. The maximum atomic E-state index is 12.1. The lowest BCUT2D eigenvalue weighted by Crippen LogP contribution is -2.18. The van der Waals surface area contributed by atoms with E-state index in [1.807, 2.05) is 24.3 Å². The van der Waals surface area contributed by atoms with Gasteiger partial charge in [-0.05, 0) is 30.5 Å². The van der Waals surface area contributed by atoms with Gasteiger partial charge in [0, 0.05) is 18.0 Å². The molecule has 0 atom stereocenters. The van der Waals surface area contributed by atoms with E-state index in [-0.39, 0.29) is 16.8 Å². The van der Waals surface area contributed by atoms with Crippen molar-refractivity contribution in [1.82, 2.24) is 14.6 Å². The van der Waals surface area contributed by atoms with Crippen LogP contribution < -0.4 is 16.0 Å². The van der Waals surface area contributed by atoms with Gasteiger partial charge in [-0.2, -0.15) is 0 Å². The van der Waals surface area contributed by atoms with Gasteiger partial charge in [0.2, 0.25) is 0 Å². The summed E-state index contributed by atoms with van der Waals surface area (Å²) in [4.78, 5) is 27.8. The normalized spacial score (nSPS) is 10.8. The van der Waals surface area contributed by atoms with Gasteiger partial charge in [0.15, 0.2) is 5.65 Å². The number of H-pyrrole nitrogens is 1. The van der Waals surface area contributed by atoms with Gasteiger partial charge in [0.1, 0.15) is 11.3 Å². The van der Waals surface area contributed by atoms with E-state index < -0.39 is 5.91 Å². The fourth-order valence-electron chi connectivity index (χ4n) is 2.44. The monoisotopic (exact) mass is 312 g/mol.